The minimum atomic E-state index is -0.175. The zero-order chi connectivity index (χ0) is 9.64. The topological polar surface area (TPSA) is 17.1 Å². The van der Waals surface area contributed by atoms with E-state index >= 15 is 0 Å². The Bertz CT molecular complexity index is 307. The number of Topliss-reactive ketones (excluding diaryl/α,β-unsaturated/α-hetero) is 1. The fourth-order valence-electron chi connectivity index (χ4n) is 2.52. The van der Waals surface area contributed by atoms with Crippen LogP contribution in [-0.4, -0.2) is 5.78 Å². The van der Waals surface area contributed by atoms with E-state index in [1.54, 1.807) is 0 Å². The highest BCUT2D eigenvalue weighted by Crippen LogP contribution is 2.48. The van der Waals surface area contributed by atoms with Gasteiger partial charge in [0, 0.05) is 11.3 Å². The van der Waals surface area contributed by atoms with E-state index in [0.717, 1.165) is 12.0 Å². The summed E-state index contributed by atoms with van der Waals surface area (Å²) >= 11 is 0. The van der Waals surface area contributed by atoms with Crippen molar-refractivity contribution < 1.29 is 4.79 Å². The van der Waals surface area contributed by atoms with Crippen molar-refractivity contribution in [3.8, 4) is 0 Å². The summed E-state index contributed by atoms with van der Waals surface area (Å²) in [6.07, 6.45) is 7.55. The fourth-order valence-corrected chi connectivity index (χ4v) is 2.52. The van der Waals surface area contributed by atoms with Gasteiger partial charge in [0.05, 0.1) is 0 Å². The lowest BCUT2D eigenvalue weighted by Gasteiger charge is -2.36. The third kappa shape index (κ3) is 1.03. The summed E-state index contributed by atoms with van der Waals surface area (Å²) in [4.78, 5) is 12.0. The van der Waals surface area contributed by atoms with Gasteiger partial charge in [0.15, 0.2) is 5.78 Å². The van der Waals surface area contributed by atoms with Crippen LogP contribution in [0.5, 0.6) is 0 Å². The van der Waals surface area contributed by atoms with E-state index < -0.39 is 0 Å². The van der Waals surface area contributed by atoms with Crippen LogP contribution < -0.4 is 0 Å². The first kappa shape index (κ1) is 8.74. The molecule has 0 amide bonds. The summed E-state index contributed by atoms with van der Waals surface area (Å²) in [5, 5.41) is 0. The average Bonchev–Trinajstić information content (AvgIpc) is 2.51. The highest BCUT2D eigenvalue weighted by atomic mass is 16.1. The van der Waals surface area contributed by atoms with Crippen molar-refractivity contribution in [3.63, 3.8) is 0 Å². The lowest BCUT2D eigenvalue weighted by atomic mass is 9.66. The van der Waals surface area contributed by atoms with E-state index in [1.165, 1.54) is 0 Å². The maximum atomic E-state index is 12.0. The van der Waals surface area contributed by atoms with E-state index in [4.69, 9.17) is 0 Å². The molecule has 0 aromatic carbocycles. The van der Waals surface area contributed by atoms with Gasteiger partial charge in [0.2, 0.25) is 0 Å². The van der Waals surface area contributed by atoms with E-state index in [-0.39, 0.29) is 5.41 Å². The molecule has 2 bridgehead atoms. The number of carbonyl (C=O) groups excluding carboxylic acids is 1. The quantitative estimate of drug-likeness (QED) is 0.409. The number of rotatable bonds is 0. The number of hydrogen-bond acceptors (Lipinski definition) is 1. The van der Waals surface area contributed by atoms with Gasteiger partial charge < -0.3 is 0 Å². The normalized spacial score (nSPS) is 38.7. The highest BCUT2D eigenvalue weighted by Gasteiger charge is 2.46. The average molecular weight is 176 g/mol. The van der Waals surface area contributed by atoms with Crippen molar-refractivity contribution in [2.24, 2.45) is 17.3 Å². The first-order valence-corrected chi connectivity index (χ1v) is 4.96. The molecular formula is C12H16O. The first-order chi connectivity index (χ1) is 6.07. The van der Waals surface area contributed by atoms with Crippen molar-refractivity contribution in [2.45, 2.75) is 27.2 Å². The number of carbonyl (C=O) groups is 1. The van der Waals surface area contributed by atoms with Gasteiger partial charge in [-0.2, -0.15) is 0 Å². The summed E-state index contributed by atoms with van der Waals surface area (Å²) in [7, 11) is 0. The monoisotopic (exact) mass is 176 g/mol. The number of ketones is 1. The van der Waals surface area contributed by atoms with Crippen molar-refractivity contribution >= 4 is 5.78 Å². The second-order valence-corrected chi connectivity index (χ2v) is 4.63. The predicted octanol–water partition coefficient (Wildman–Crippen LogP) is 2.73. The molecule has 0 aliphatic heterocycles. The number of hydrogen-bond donors (Lipinski definition) is 0. The second-order valence-electron chi connectivity index (χ2n) is 4.63. The fraction of sp³-hybridized carbons (Fsp3) is 0.583. The molecular weight excluding hydrogens is 160 g/mol. The molecule has 13 heavy (non-hydrogen) atoms. The van der Waals surface area contributed by atoms with E-state index in [2.05, 4.69) is 26.0 Å². The minimum absolute atomic E-state index is 0.175. The predicted molar refractivity (Wildman–Crippen MR) is 53.3 cm³/mol. The highest BCUT2D eigenvalue weighted by molar-refractivity contribution is 6.01. The molecule has 0 saturated heterocycles. The minimum Gasteiger partial charge on any atom is -0.294 e. The lowest BCUT2D eigenvalue weighted by Crippen LogP contribution is -2.38. The summed E-state index contributed by atoms with van der Waals surface area (Å²) < 4.78 is 0. The molecule has 2 unspecified atom stereocenters. The Morgan fingerprint density at radius 2 is 2.15 bits per heavy atom. The summed E-state index contributed by atoms with van der Waals surface area (Å²) in [5.41, 5.74) is 0.848. The van der Waals surface area contributed by atoms with Gasteiger partial charge in [-0.1, -0.05) is 32.1 Å². The van der Waals surface area contributed by atoms with Gasteiger partial charge in [-0.15, -0.1) is 0 Å². The molecule has 0 aromatic heterocycles. The molecule has 0 aromatic rings. The largest absolute Gasteiger partial charge is 0.294 e. The SMILES string of the molecule is C/C=C1/C(=O)C(C)(C)C2C=CC1C2. The van der Waals surface area contributed by atoms with Crippen LogP contribution in [0.25, 0.3) is 0 Å². The molecule has 1 heteroatoms. The molecule has 0 N–H and O–H groups in total. The Kier molecular flexibility index (Phi) is 1.73. The van der Waals surface area contributed by atoms with Crippen LogP contribution in [0.1, 0.15) is 27.2 Å². The Hall–Kier alpha value is -0.850. The molecule has 2 aliphatic rings. The Morgan fingerprint density at radius 1 is 1.46 bits per heavy atom. The molecule has 70 valence electrons. The number of allylic oxidation sites excluding steroid dienone is 4. The Labute approximate surface area is 79.5 Å². The van der Waals surface area contributed by atoms with Gasteiger partial charge in [-0.05, 0) is 24.8 Å². The third-order valence-corrected chi connectivity index (χ3v) is 3.57. The maximum Gasteiger partial charge on any atom is 0.165 e. The Morgan fingerprint density at radius 3 is 2.77 bits per heavy atom. The van der Waals surface area contributed by atoms with Crippen molar-refractivity contribution in [1.82, 2.24) is 0 Å². The molecule has 0 heterocycles. The van der Waals surface area contributed by atoms with Crippen LogP contribution in [0, 0.1) is 17.3 Å². The van der Waals surface area contributed by atoms with Crippen molar-refractivity contribution in [2.75, 3.05) is 0 Å². The maximum absolute atomic E-state index is 12.0. The van der Waals surface area contributed by atoms with E-state index in [9.17, 15) is 4.79 Å². The van der Waals surface area contributed by atoms with Crippen LogP contribution in [0.15, 0.2) is 23.8 Å². The molecule has 2 atom stereocenters. The van der Waals surface area contributed by atoms with Gasteiger partial charge in [-0.3, -0.25) is 4.79 Å². The van der Waals surface area contributed by atoms with Crippen LogP contribution in [0.4, 0.5) is 0 Å². The third-order valence-electron chi connectivity index (χ3n) is 3.57. The molecule has 2 rings (SSSR count). The standard InChI is InChI=1S/C12H16O/c1-4-10-8-5-6-9(7-8)12(2,3)11(10)13/h4-6,8-9H,7H2,1-3H3/b10-4+. The zero-order valence-corrected chi connectivity index (χ0v) is 8.50. The summed E-state index contributed by atoms with van der Waals surface area (Å²) in [6.45, 7) is 6.10. The van der Waals surface area contributed by atoms with Crippen LogP contribution in [0.3, 0.4) is 0 Å². The Balaban J connectivity index is 2.47. The van der Waals surface area contributed by atoms with E-state index in [0.29, 0.717) is 17.6 Å². The lowest BCUT2D eigenvalue weighted by molar-refractivity contribution is -0.127. The van der Waals surface area contributed by atoms with Crippen LogP contribution in [0.2, 0.25) is 0 Å². The summed E-state index contributed by atoms with van der Waals surface area (Å²) in [5.74, 6) is 1.23. The second kappa shape index (κ2) is 2.57. The van der Waals surface area contributed by atoms with Gasteiger partial charge in [0.1, 0.15) is 0 Å². The molecule has 1 saturated carbocycles. The van der Waals surface area contributed by atoms with Crippen LogP contribution >= 0.6 is 0 Å². The van der Waals surface area contributed by atoms with Gasteiger partial charge in [-0.25, -0.2) is 0 Å². The molecule has 2 aliphatic carbocycles. The first-order valence-electron chi connectivity index (χ1n) is 4.96. The van der Waals surface area contributed by atoms with Crippen molar-refractivity contribution in [3.05, 3.63) is 23.8 Å². The summed E-state index contributed by atoms with van der Waals surface area (Å²) in [6, 6.07) is 0. The number of fused-ring (bicyclic) bond motifs is 2. The van der Waals surface area contributed by atoms with E-state index in [1.807, 2.05) is 13.0 Å². The van der Waals surface area contributed by atoms with Gasteiger partial charge >= 0.3 is 0 Å². The van der Waals surface area contributed by atoms with Crippen LogP contribution in [-0.2, 0) is 4.79 Å². The molecule has 1 nitrogen and oxygen atoms in total. The smallest absolute Gasteiger partial charge is 0.165 e. The zero-order valence-electron chi connectivity index (χ0n) is 8.50. The van der Waals surface area contributed by atoms with Crippen molar-refractivity contribution in [1.29, 1.82) is 0 Å². The molecule has 1 fully saturated rings. The molecule has 0 spiro atoms. The van der Waals surface area contributed by atoms with Gasteiger partial charge in [0.25, 0.3) is 0 Å². The molecule has 0 radical (unpaired) electrons.